The maximum atomic E-state index is 13.0. The third kappa shape index (κ3) is 4.28. The molecule has 26 heavy (non-hydrogen) atoms. The van der Waals surface area contributed by atoms with Gasteiger partial charge in [0.25, 0.3) is 0 Å². The highest BCUT2D eigenvalue weighted by Crippen LogP contribution is 2.37. The van der Waals surface area contributed by atoms with Crippen LogP contribution in [0.3, 0.4) is 0 Å². The van der Waals surface area contributed by atoms with Crippen LogP contribution in [0.1, 0.15) is 37.1 Å². The van der Waals surface area contributed by atoms with Gasteiger partial charge in [0.15, 0.2) is 5.96 Å². The minimum atomic E-state index is -4.12. The molecule has 2 aromatic heterocycles. The number of aromatic nitrogens is 2. The van der Waals surface area contributed by atoms with Crippen molar-refractivity contribution in [2.24, 2.45) is 10.9 Å². The Morgan fingerprint density at radius 2 is 2.15 bits per heavy atom. The summed E-state index contributed by atoms with van der Waals surface area (Å²) in [6.45, 7) is 2.46. The summed E-state index contributed by atoms with van der Waals surface area (Å²) < 4.78 is 40.9. The number of aliphatic imine (C=N–C) groups is 1. The van der Waals surface area contributed by atoms with Gasteiger partial charge in [-0.15, -0.1) is 0 Å². The van der Waals surface area contributed by atoms with Crippen LogP contribution in [0.4, 0.5) is 13.2 Å². The van der Waals surface area contributed by atoms with Crippen LogP contribution in [0.2, 0.25) is 0 Å². The van der Waals surface area contributed by atoms with E-state index in [2.05, 4.69) is 20.6 Å². The molecule has 0 radical (unpaired) electrons. The fourth-order valence-electron chi connectivity index (χ4n) is 3.46. The molecule has 142 valence electrons. The van der Waals surface area contributed by atoms with E-state index in [1.807, 2.05) is 35.7 Å². The van der Waals surface area contributed by atoms with Gasteiger partial charge in [-0.1, -0.05) is 12.5 Å². The third-order valence-electron chi connectivity index (χ3n) is 4.88. The monoisotopic (exact) mass is 367 g/mol. The second-order valence-electron chi connectivity index (χ2n) is 6.80. The van der Waals surface area contributed by atoms with Crippen molar-refractivity contribution in [3.8, 4) is 0 Å². The number of nitrogens with one attached hydrogen (secondary N) is 2. The maximum absolute atomic E-state index is 13.0. The van der Waals surface area contributed by atoms with Crippen molar-refractivity contribution in [3.63, 3.8) is 0 Å². The Morgan fingerprint density at radius 3 is 2.85 bits per heavy atom. The lowest BCUT2D eigenvalue weighted by molar-refractivity contribution is -0.183. The van der Waals surface area contributed by atoms with E-state index in [0.717, 1.165) is 23.5 Å². The smallest absolute Gasteiger partial charge is 0.354 e. The number of hydrogen-bond donors (Lipinski definition) is 2. The van der Waals surface area contributed by atoms with Gasteiger partial charge in [0.1, 0.15) is 5.65 Å². The van der Waals surface area contributed by atoms with E-state index in [9.17, 15) is 13.2 Å². The predicted octanol–water partition coefficient (Wildman–Crippen LogP) is 3.43. The lowest BCUT2D eigenvalue weighted by Gasteiger charge is -2.31. The summed E-state index contributed by atoms with van der Waals surface area (Å²) in [7, 11) is 1.62. The summed E-state index contributed by atoms with van der Waals surface area (Å²) >= 11 is 0. The molecule has 2 N–H and O–H groups in total. The number of alkyl halides is 3. The van der Waals surface area contributed by atoms with Crippen LogP contribution in [-0.4, -0.2) is 34.6 Å². The molecule has 0 spiro atoms. The summed E-state index contributed by atoms with van der Waals surface area (Å²) in [5.41, 5.74) is 2.80. The minimum absolute atomic E-state index is 0.0950. The second kappa shape index (κ2) is 7.55. The first-order valence-electron chi connectivity index (χ1n) is 8.84. The van der Waals surface area contributed by atoms with E-state index in [1.165, 1.54) is 0 Å². The van der Waals surface area contributed by atoms with Crippen molar-refractivity contribution in [1.82, 2.24) is 20.0 Å². The molecule has 1 saturated carbocycles. The number of hydrogen-bond acceptors (Lipinski definition) is 2. The molecule has 0 saturated heterocycles. The Hall–Kier alpha value is -2.25. The van der Waals surface area contributed by atoms with Crippen LogP contribution in [-0.2, 0) is 6.54 Å². The topological polar surface area (TPSA) is 53.7 Å². The molecule has 2 unspecified atom stereocenters. The standard InChI is InChI=1S/C18H24F3N5/c1-12-5-3-8-16-24-15(11-26(12)16)10-23-17(22-2)25-14-7-4-6-13(9-14)18(19,20)21/h3,5,8,11,13-14H,4,6-7,9-10H2,1-2H3,(H2,22,23,25). The molecule has 2 heterocycles. The molecule has 3 rings (SSSR count). The number of rotatable bonds is 3. The van der Waals surface area contributed by atoms with Crippen molar-refractivity contribution in [3.05, 3.63) is 35.8 Å². The van der Waals surface area contributed by atoms with Gasteiger partial charge in [0, 0.05) is 25.0 Å². The Labute approximate surface area is 150 Å². The first-order chi connectivity index (χ1) is 12.4. The average Bonchev–Trinajstić information content (AvgIpc) is 3.02. The van der Waals surface area contributed by atoms with Crippen LogP contribution in [0.15, 0.2) is 29.4 Å². The molecule has 1 aliphatic carbocycles. The Morgan fingerprint density at radius 1 is 1.35 bits per heavy atom. The SMILES string of the molecule is CN=C(NCc1cn2c(C)cccc2n1)NC1CCCC(C(F)(F)F)C1. The highest BCUT2D eigenvalue weighted by molar-refractivity contribution is 5.79. The minimum Gasteiger partial charge on any atom is -0.354 e. The van der Waals surface area contributed by atoms with Gasteiger partial charge in [-0.2, -0.15) is 13.2 Å². The average molecular weight is 367 g/mol. The van der Waals surface area contributed by atoms with Gasteiger partial charge in [-0.3, -0.25) is 4.99 Å². The third-order valence-corrected chi connectivity index (χ3v) is 4.88. The normalized spacial score (nSPS) is 21.8. The van der Waals surface area contributed by atoms with E-state index in [-0.39, 0.29) is 18.9 Å². The van der Waals surface area contributed by atoms with Crippen molar-refractivity contribution < 1.29 is 13.2 Å². The first kappa shape index (κ1) is 18.5. The zero-order valence-electron chi connectivity index (χ0n) is 15.0. The summed E-state index contributed by atoms with van der Waals surface area (Å²) in [4.78, 5) is 8.67. The van der Waals surface area contributed by atoms with Crippen LogP contribution in [0.5, 0.6) is 0 Å². The molecule has 0 amide bonds. The van der Waals surface area contributed by atoms with Gasteiger partial charge in [0.05, 0.1) is 18.2 Å². The molecule has 2 atom stereocenters. The largest absolute Gasteiger partial charge is 0.391 e. The molecule has 0 bridgehead atoms. The van der Waals surface area contributed by atoms with Crippen molar-refractivity contribution >= 4 is 11.6 Å². The molecule has 0 aliphatic heterocycles. The fourth-order valence-corrected chi connectivity index (χ4v) is 3.46. The molecular weight excluding hydrogens is 343 g/mol. The van der Waals surface area contributed by atoms with Gasteiger partial charge >= 0.3 is 6.18 Å². The van der Waals surface area contributed by atoms with Gasteiger partial charge < -0.3 is 15.0 Å². The quantitative estimate of drug-likeness (QED) is 0.646. The summed E-state index contributed by atoms with van der Waals surface area (Å²) in [6.07, 6.45) is -0.561. The highest BCUT2D eigenvalue weighted by Gasteiger charge is 2.42. The van der Waals surface area contributed by atoms with E-state index in [1.54, 1.807) is 7.05 Å². The molecule has 1 fully saturated rings. The predicted molar refractivity (Wildman–Crippen MR) is 95.1 cm³/mol. The number of imidazole rings is 1. The summed E-state index contributed by atoms with van der Waals surface area (Å²) in [5.74, 6) is -0.722. The summed E-state index contributed by atoms with van der Waals surface area (Å²) in [5, 5.41) is 6.28. The van der Waals surface area contributed by atoms with Crippen molar-refractivity contribution in [2.75, 3.05) is 7.05 Å². The van der Waals surface area contributed by atoms with E-state index in [4.69, 9.17) is 0 Å². The zero-order chi connectivity index (χ0) is 18.7. The second-order valence-corrected chi connectivity index (χ2v) is 6.80. The molecule has 5 nitrogen and oxygen atoms in total. The lowest BCUT2D eigenvalue weighted by Crippen LogP contribution is -2.46. The van der Waals surface area contributed by atoms with Crippen LogP contribution in [0, 0.1) is 12.8 Å². The molecule has 0 aromatic carbocycles. The Bertz CT molecular complexity index is 781. The number of pyridine rings is 1. The van der Waals surface area contributed by atoms with E-state index >= 15 is 0 Å². The number of fused-ring (bicyclic) bond motifs is 1. The van der Waals surface area contributed by atoms with Crippen molar-refractivity contribution in [2.45, 2.75) is 51.4 Å². The lowest BCUT2D eigenvalue weighted by atomic mass is 9.85. The Kier molecular flexibility index (Phi) is 5.38. The fraction of sp³-hybridized carbons (Fsp3) is 0.556. The number of guanidine groups is 1. The maximum Gasteiger partial charge on any atom is 0.391 e. The summed E-state index contributed by atoms with van der Waals surface area (Å²) in [6, 6.07) is 5.68. The Balaban J connectivity index is 1.58. The number of aryl methyl sites for hydroxylation is 1. The number of halogens is 3. The van der Waals surface area contributed by atoms with Gasteiger partial charge in [-0.05, 0) is 38.3 Å². The molecule has 2 aromatic rings. The van der Waals surface area contributed by atoms with E-state index in [0.29, 0.717) is 18.9 Å². The molecule has 1 aliphatic rings. The molecular formula is C18H24F3N5. The first-order valence-corrected chi connectivity index (χ1v) is 8.84. The van der Waals surface area contributed by atoms with Crippen LogP contribution < -0.4 is 10.6 Å². The number of nitrogens with zero attached hydrogens (tertiary/aromatic N) is 3. The molecule has 8 heteroatoms. The van der Waals surface area contributed by atoms with Crippen LogP contribution in [0.25, 0.3) is 5.65 Å². The van der Waals surface area contributed by atoms with Crippen molar-refractivity contribution in [1.29, 1.82) is 0 Å². The van der Waals surface area contributed by atoms with Gasteiger partial charge in [0.2, 0.25) is 0 Å². The van der Waals surface area contributed by atoms with Crippen LogP contribution >= 0.6 is 0 Å². The highest BCUT2D eigenvalue weighted by atomic mass is 19.4. The van der Waals surface area contributed by atoms with E-state index < -0.39 is 12.1 Å². The van der Waals surface area contributed by atoms with Gasteiger partial charge in [-0.25, -0.2) is 4.98 Å². The zero-order valence-corrected chi connectivity index (χ0v) is 15.0.